The number of aromatic nitrogens is 4. The maximum Gasteiger partial charge on any atom is 0.331 e. The molecule has 1 amide bonds. The van der Waals surface area contributed by atoms with E-state index in [4.69, 9.17) is 4.84 Å². The minimum absolute atomic E-state index is 0.163. The molecule has 9 nitrogen and oxygen atoms in total. The van der Waals surface area contributed by atoms with Crippen LogP contribution in [0, 0.1) is 6.92 Å². The van der Waals surface area contributed by atoms with Gasteiger partial charge >= 0.3 is 5.69 Å². The number of carbonyl (C=O) groups is 1. The topological polar surface area (TPSA) is 102 Å². The molecule has 2 atom stereocenters. The van der Waals surface area contributed by atoms with Crippen LogP contribution in [-0.4, -0.2) is 49.5 Å². The standard InChI is InChI=1S/C22H27N5O4S/c1-11(2)27-21-17(19(28)25(4)22(27)30)16(20(29)26(5)31-6)15(32-21)10-14-12(3)24-18-13(14)8-7-9-23-18/h7-9,11,15-16H,10H2,1-6H3,(H,23,24). The number of thioether (sulfide) groups is 1. The number of hydrogen-bond acceptors (Lipinski definition) is 6. The molecule has 4 rings (SSSR count). The summed E-state index contributed by atoms with van der Waals surface area (Å²) in [6.45, 7) is 5.77. The summed E-state index contributed by atoms with van der Waals surface area (Å²) in [6, 6.07) is 3.71. The summed E-state index contributed by atoms with van der Waals surface area (Å²) in [5.41, 5.74) is 2.35. The highest BCUT2D eigenvalue weighted by Gasteiger charge is 2.45. The molecule has 0 fully saturated rings. The predicted octanol–water partition coefficient (Wildman–Crippen LogP) is 2.13. The third-order valence-electron chi connectivity index (χ3n) is 6.09. The number of aromatic amines is 1. The van der Waals surface area contributed by atoms with Crippen molar-refractivity contribution in [2.75, 3.05) is 14.2 Å². The van der Waals surface area contributed by atoms with Gasteiger partial charge in [0.05, 0.1) is 23.6 Å². The lowest BCUT2D eigenvalue weighted by molar-refractivity contribution is -0.170. The molecule has 0 saturated heterocycles. The second-order valence-electron chi connectivity index (χ2n) is 8.31. The molecule has 4 heterocycles. The Morgan fingerprint density at radius 3 is 2.75 bits per heavy atom. The fourth-order valence-electron chi connectivity index (χ4n) is 4.37. The van der Waals surface area contributed by atoms with Crippen LogP contribution in [0.3, 0.4) is 0 Å². The van der Waals surface area contributed by atoms with E-state index in [1.807, 2.05) is 32.9 Å². The molecule has 1 aliphatic heterocycles. The number of nitrogens with one attached hydrogen (secondary N) is 1. The zero-order valence-corrected chi connectivity index (χ0v) is 19.8. The SMILES string of the molecule is CON(C)C(=O)C1c2c(n(C(C)C)c(=O)n(C)c2=O)SC1Cc1c(C)[nH]c2ncccc12. The minimum atomic E-state index is -0.745. The van der Waals surface area contributed by atoms with Crippen molar-refractivity contribution < 1.29 is 9.63 Å². The van der Waals surface area contributed by atoms with Crippen molar-refractivity contribution in [3.05, 3.63) is 56.0 Å². The smallest absolute Gasteiger partial charge is 0.331 e. The lowest BCUT2D eigenvalue weighted by Crippen LogP contribution is -2.43. The molecule has 1 aliphatic rings. The van der Waals surface area contributed by atoms with E-state index < -0.39 is 11.5 Å². The highest BCUT2D eigenvalue weighted by atomic mass is 32.2. The molecule has 1 N–H and O–H groups in total. The maximum atomic E-state index is 13.4. The van der Waals surface area contributed by atoms with Crippen LogP contribution < -0.4 is 11.2 Å². The molecule has 10 heteroatoms. The zero-order valence-electron chi connectivity index (χ0n) is 19.0. The fraction of sp³-hybridized carbons (Fsp3) is 0.455. The Morgan fingerprint density at radius 2 is 2.09 bits per heavy atom. The lowest BCUT2D eigenvalue weighted by atomic mass is 9.92. The summed E-state index contributed by atoms with van der Waals surface area (Å²) >= 11 is 1.42. The molecule has 0 radical (unpaired) electrons. The van der Waals surface area contributed by atoms with Crippen LogP contribution in [0.5, 0.6) is 0 Å². The third kappa shape index (κ3) is 3.38. The van der Waals surface area contributed by atoms with Gasteiger partial charge in [0.25, 0.3) is 11.5 Å². The van der Waals surface area contributed by atoms with Crippen molar-refractivity contribution in [2.24, 2.45) is 7.05 Å². The van der Waals surface area contributed by atoms with Crippen molar-refractivity contribution in [3.63, 3.8) is 0 Å². The fourth-order valence-corrected chi connectivity index (χ4v) is 6.04. The van der Waals surface area contributed by atoms with Crippen molar-refractivity contribution in [2.45, 2.75) is 49.4 Å². The van der Waals surface area contributed by atoms with Gasteiger partial charge < -0.3 is 4.98 Å². The lowest BCUT2D eigenvalue weighted by Gasteiger charge is -2.23. The molecule has 2 unspecified atom stereocenters. The Hall–Kier alpha value is -2.85. The van der Waals surface area contributed by atoms with Crippen molar-refractivity contribution in [3.8, 4) is 0 Å². The molecule has 0 aromatic carbocycles. The molecule has 32 heavy (non-hydrogen) atoms. The number of aryl methyl sites for hydroxylation is 1. The van der Waals surface area contributed by atoms with E-state index in [1.54, 1.807) is 10.8 Å². The van der Waals surface area contributed by atoms with Crippen LogP contribution in [-0.2, 0) is 23.1 Å². The number of H-pyrrole nitrogens is 1. The molecule has 0 saturated carbocycles. The summed E-state index contributed by atoms with van der Waals surface area (Å²) < 4.78 is 2.70. The predicted molar refractivity (Wildman–Crippen MR) is 123 cm³/mol. The monoisotopic (exact) mass is 457 g/mol. The molecule has 0 spiro atoms. The van der Waals surface area contributed by atoms with Gasteiger partial charge in [0.2, 0.25) is 0 Å². The number of nitrogens with zero attached hydrogens (tertiary/aromatic N) is 4. The van der Waals surface area contributed by atoms with Gasteiger partial charge in [0, 0.05) is 42.7 Å². The highest BCUT2D eigenvalue weighted by molar-refractivity contribution is 8.00. The van der Waals surface area contributed by atoms with E-state index in [-0.39, 0.29) is 22.9 Å². The summed E-state index contributed by atoms with van der Waals surface area (Å²) in [5, 5.41) is 2.42. The number of hydroxylamine groups is 2. The normalized spacial score (nSPS) is 17.8. The summed E-state index contributed by atoms with van der Waals surface area (Å²) in [6.07, 6.45) is 2.26. The number of rotatable bonds is 5. The highest BCUT2D eigenvalue weighted by Crippen LogP contribution is 2.47. The average Bonchev–Trinajstić information content (AvgIpc) is 3.28. The third-order valence-corrected chi connectivity index (χ3v) is 7.47. The van der Waals surface area contributed by atoms with Crippen LogP contribution in [0.15, 0.2) is 32.9 Å². The Bertz CT molecular complexity index is 1320. The quantitative estimate of drug-likeness (QED) is 0.465. The van der Waals surface area contributed by atoms with E-state index in [0.717, 1.165) is 31.9 Å². The molecule has 3 aromatic heterocycles. The van der Waals surface area contributed by atoms with Crippen LogP contribution in [0.25, 0.3) is 11.0 Å². The number of hydrogen-bond donors (Lipinski definition) is 1. The molecular formula is C22H27N5O4S. The Morgan fingerprint density at radius 1 is 1.38 bits per heavy atom. The first-order chi connectivity index (χ1) is 15.2. The largest absolute Gasteiger partial charge is 0.343 e. The van der Waals surface area contributed by atoms with E-state index in [1.165, 1.54) is 33.0 Å². The second kappa shape index (κ2) is 8.25. The van der Waals surface area contributed by atoms with Crippen LogP contribution in [0.1, 0.15) is 42.6 Å². The van der Waals surface area contributed by atoms with Crippen LogP contribution >= 0.6 is 11.8 Å². The summed E-state index contributed by atoms with van der Waals surface area (Å²) in [7, 11) is 4.41. The van der Waals surface area contributed by atoms with E-state index in [9.17, 15) is 14.4 Å². The second-order valence-corrected chi connectivity index (χ2v) is 9.54. The molecule has 0 bridgehead atoms. The number of fused-ring (bicyclic) bond motifs is 2. The number of amides is 1. The first kappa shape index (κ1) is 22.3. The van der Waals surface area contributed by atoms with Gasteiger partial charge in [-0.05, 0) is 44.9 Å². The number of pyridine rings is 1. The molecule has 3 aromatic rings. The van der Waals surface area contributed by atoms with Gasteiger partial charge in [0.15, 0.2) is 0 Å². The van der Waals surface area contributed by atoms with Gasteiger partial charge in [-0.25, -0.2) is 14.8 Å². The number of carbonyl (C=O) groups excluding carboxylic acids is 1. The Balaban J connectivity index is 1.90. The number of likely N-dealkylation sites (N-methyl/N-ethyl adjacent to an activating group) is 1. The van der Waals surface area contributed by atoms with Gasteiger partial charge in [-0.2, -0.15) is 0 Å². The molecule has 170 valence electrons. The van der Waals surface area contributed by atoms with Crippen LogP contribution in [0.2, 0.25) is 0 Å². The van der Waals surface area contributed by atoms with E-state index in [2.05, 4.69) is 9.97 Å². The van der Waals surface area contributed by atoms with Crippen molar-refractivity contribution in [1.29, 1.82) is 0 Å². The summed E-state index contributed by atoms with van der Waals surface area (Å²) in [5.74, 6) is -1.06. The average molecular weight is 458 g/mol. The van der Waals surface area contributed by atoms with E-state index >= 15 is 0 Å². The Kier molecular flexibility index (Phi) is 5.76. The minimum Gasteiger partial charge on any atom is -0.343 e. The molecule has 0 aliphatic carbocycles. The maximum absolute atomic E-state index is 13.4. The van der Waals surface area contributed by atoms with Gasteiger partial charge in [0.1, 0.15) is 5.65 Å². The van der Waals surface area contributed by atoms with Crippen molar-refractivity contribution in [1.82, 2.24) is 24.2 Å². The summed E-state index contributed by atoms with van der Waals surface area (Å²) in [4.78, 5) is 52.4. The van der Waals surface area contributed by atoms with Gasteiger partial charge in [-0.1, -0.05) is 0 Å². The van der Waals surface area contributed by atoms with Crippen molar-refractivity contribution >= 4 is 28.7 Å². The Labute approximate surface area is 189 Å². The van der Waals surface area contributed by atoms with E-state index in [0.29, 0.717) is 17.0 Å². The first-order valence-electron chi connectivity index (χ1n) is 10.4. The van der Waals surface area contributed by atoms with Crippen LogP contribution in [0.4, 0.5) is 0 Å². The zero-order chi connectivity index (χ0) is 23.3. The first-order valence-corrected chi connectivity index (χ1v) is 11.3. The van der Waals surface area contributed by atoms with Gasteiger partial charge in [-0.15, -0.1) is 11.8 Å². The van der Waals surface area contributed by atoms with Gasteiger partial charge in [-0.3, -0.25) is 23.6 Å². The molecular weight excluding hydrogens is 430 g/mol.